The third-order valence-electron chi connectivity index (χ3n) is 6.32. The summed E-state index contributed by atoms with van der Waals surface area (Å²) in [5, 5.41) is 0. The summed E-state index contributed by atoms with van der Waals surface area (Å²) in [6, 6.07) is 10.5. The van der Waals surface area contributed by atoms with Gasteiger partial charge in [-0.15, -0.1) is 0 Å². The van der Waals surface area contributed by atoms with Gasteiger partial charge in [0, 0.05) is 0 Å². The quantitative estimate of drug-likeness (QED) is 0.810. The molecule has 3 aliphatic rings. The molecule has 3 unspecified atom stereocenters. The van der Waals surface area contributed by atoms with Crippen LogP contribution < -0.4 is 0 Å². The fraction of sp³-hybridized carbons (Fsp3) is 0.524. The lowest BCUT2D eigenvalue weighted by Gasteiger charge is -2.24. The largest absolute Gasteiger partial charge is 0.468 e. The van der Waals surface area contributed by atoms with E-state index in [1.165, 1.54) is 67.4 Å². The maximum absolute atomic E-state index is 6.40. The van der Waals surface area contributed by atoms with Gasteiger partial charge < -0.3 is 9.15 Å². The van der Waals surface area contributed by atoms with Crippen LogP contribution in [0.2, 0.25) is 0 Å². The molecular formula is C21H24O2. The van der Waals surface area contributed by atoms with Gasteiger partial charge in [-0.05, 0) is 67.6 Å². The van der Waals surface area contributed by atoms with Crippen molar-refractivity contribution in [2.24, 2.45) is 5.92 Å². The first-order valence-electron chi connectivity index (χ1n) is 9.13. The highest BCUT2D eigenvalue weighted by molar-refractivity contribution is 5.42. The van der Waals surface area contributed by atoms with Gasteiger partial charge in [-0.3, -0.25) is 0 Å². The molecule has 0 amide bonds. The standard InChI is InChI=1S/C21H24O2/c1-2-6-15(7-3-1)13-22-19-11-10-17-12-21(17,19)20-18-9-5-4-8-16(18)14-23-20/h1-3,6-7,14,17,19H,4-5,8-13H2. The number of benzene rings is 1. The van der Waals surface area contributed by atoms with Gasteiger partial charge in [0.15, 0.2) is 0 Å². The molecular weight excluding hydrogens is 284 g/mol. The van der Waals surface area contributed by atoms with Crippen molar-refractivity contribution in [1.29, 1.82) is 0 Å². The topological polar surface area (TPSA) is 22.4 Å². The molecule has 120 valence electrons. The van der Waals surface area contributed by atoms with Gasteiger partial charge in [0.25, 0.3) is 0 Å². The molecule has 2 fully saturated rings. The molecule has 0 radical (unpaired) electrons. The molecule has 0 saturated heterocycles. The SMILES string of the molecule is c1ccc(COC2CCC3CC32c2occ3c2CCCC3)cc1. The number of hydrogen-bond acceptors (Lipinski definition) is 2. The lowest BCUT2D eigenvalue weighted by atomic mass is 9.87. The molecule has 0 bridgehead atoms. The van der Waals surface area contributed by atoms with Crippen LogP contribution in [0.15, 0.2) is 41.0 Å². The van der Waals surface area contributed by atoms with Crippen molar-refractivity contribution in [3.63, 3.8) is 0 Å². The highest BCUT2D eigenvalue weighted by Crippen LogP contribution is 2.66. The van der Waals surface area contributed by atoms with E-state index in [9.17, 15) is 0 Å². The molecule has 23 heavy (non-hydrogen) atoms. The molecule has 2 nitrogen and oxygen atoms in total. The summed E-state index contributed by atoms with van der Waals surface area (Å²) in [5.41, 5.74) is 4.49. The first-order chi connectivity index (χ1) is 11.4. The fourth-order valence-corrected chi connectivity index (χ4v) is 5.05. The highest BCUT2D eigenvalue weighted by Gasteiger charge is 2.67. The first-order valence-corrected chi connectivity index (χ1v) is 9.13. The number of rotatable bonds is 4. The van der Waals surface area contributed by atoms with E-state index in [1.807, 2.05) is 6.26 Å². The molecule has 5 rings (SSSR count). The third kappa shape index (κ3) is 2.11. The van der Waals surface area contributed by atoms with E-state index >= 15 is 0 Å². The Morgan fingerprint density at radius 1 is 1.09 bits per heavy atom. The summed E-state index contributed by atoms with van der Waals surface area (Å²) in [7, 11) is 0. The average molecular weight is 308 g/mol. The molecule has 0 spiro atoms. The van der Waals surface area contributed by atoms with Crippen LogP contribution in [0.1, 0.15) is 54.6 Å². The van der Waals surface area contributed by atoms with Crippen LogP contribution >= 0.6 is 0 Å². The molecule has 1 aromatic heterocycles. The van der Waals surface area contributed by atoms with Crippen LogP contribution in [-0.4, -0.2) is 6.10 Å². The molecule has 0 aliphatic heterocycles. The Bertz CT molecular complexity index is 702. The van der Waals surface area contributed by atoms with Crippen molar-refractivity contribution < 1.29 is 9.15 Å². The third-order valence-corrected chi connectivity index (χ3v) is 6.32. The summed E-state index contributed by atoms with van der Waals surface area (Å²) in [6.45, 7) is 0.725. The van der Waals surface area contributed by atoms with E-state index in [2.05, 4.69) is 30.3 Å². The van der Waals surface area contributed by atoms with Crippen molar-refractivity contribution >= 4 is 0 Å². The summed E-state index contributed by atoms with van der Waals surface area (Å²) in [5.74, 6) is 2.09. The molecule has 2 saturated carbocycles. The monoisotopic (exact) mass is 308 g/mol. The summed E-state index contributed by atoms with van der Waals surface area (Å²) in [6.07, 6.45) is 11.2. The van der Waals surface area contributed by atoms with Crippen molar-refractivity contribution in [3.8, 4) is 0 Å². The van der Waals surface area contributed by atoms with E-state index in [1.54, 1.807) is 0 Å². The van der Waals surface area contributed by atoms with Gasteiger partial charge in [0.2, 0.25) is 0 Å². The number of furan rings is 1. The number of hydrogen-bond donors (Lipinski definition) is 0. The molecule has 1 aromatic carbocycles. The Balaban J connectivity index is 1.40. The molecule has 1 heterocycles. The summed E-state index contributed by atoms with van der Waals surface area (Å²) in [4.78, 5) is 0. The Kier molecular flexibility index (Phi) is 3.16. The Morgan fingerprint density at radius 3 is 2.83 bits per heavy atom. The van der Waals surface area contributed by atoms with Crippen LogP contribution in [0.25, 0.3) is 0 Å². The summed E-state index contributed by atoms with van der Waals surface area (Å²) >= 11 is 0. The molecule has 0 N–H and O–H groups in total. The Hall–Kier alpha value is -1.54. The summed E-state index contributed by atoms with van der Waals surface area (Å²) < 4.78 is 12.5. The zero-order valence-electron chi connectivity index (χ0n) is 13.6. The Morgan fingerprint density at radius 2 is 1.96 bits per heavy atom. The minimum atomic E-state index is 0.208. The first kappa shape index (κ1) is 13.9. The van der Waals surface area contributed by atoms with Gasteiger partial charge in [0.1, 0.15) is 5.76 Å². The van der Waals surface area contributed by atoms with Gasteiger partial charge >= 0.3 is 0 Å². The predicted molar refractivity (Wildman–Crippen MR) is 89.4 cm³/mol. The van der Waals surface area contributed by atoms with Crippen molar-refractivity contribution in [2.45, 2.75) is 63.1 Å². The van der Waals surface area contributed by atoms with Gasteiger partial charge in [-0.1, -0.05) is 30.3 Å². The van der Waals surface area contributed by atoms with Crippen LogP contribution in [-0.2, 0) is 29.6 Å². The lowest BCUT2D eigenvalue weighted by Crippen LogP contribution is -2.27. The molecule has 3 atom stereocenters. The smallest absolute Gasteiger partial charge is 0.116 e. The van der Waals surface area contributed by atoms with Gasteiger partial charge in [-0.2, -0.15) is 0 Å². The van der Waals surface area contributed by atoms with Crippen LogP contribution in [0.4, 0.5) is 0 Å². The van der Waals surface area contributed by atoms with Crippen molar-refractivity contribution in [2.75, 3.05) is 0 Å². The highest BCUT2D eigenvalue weighted by atomic mass is 16.5. The number of fused-ring (bicyclic) bond motifs is 2. The van der Waals surface area contributed by atoms with E-state index in [4.69, 9.17) is 9.15 Å². The van der Waals surface area contributed by atoms with Crippen LogP contribution in [0.3, 0.4) is 0 Å². The van der Waals surface area contributed by atoms with Gasteiger partial charge in [-0.25, -0.2) is 0 Å². The maximum atomic E-state index is 6.40. The molecule has 2 heteroatoms. The Labute approximate surface area is 137 Å². The van der Waals surface area contributed by atoms with Crippen molar-refractivity contribution in [1.82, 2.24) is 0 Å². The molecule has 3 aliphatic carbocycles. The van der Waals surface area contributed by atoms with Crippen LogP contribution in [0, 0.1) is 5.92 Å². The normalized spacial score (nSPS) is 31.7. The second kappa shape index (κ2) is 5.24. The molecule has 2 aromatic rings. The predicted octanol–water partition coefficient (Wildman–Crippen LogP) is 4.80. The lowest BCUT2D eigenvalue weighted by molar-refractivity contribution is 0.0152. The number of aryl methyl sites for hydroxylation is 1. The second-order valence-corrected chi connectivity index (χ2v) is 7.58. The van der Waals surface area contributed by atoms with E-state index in [0.29, 0.717) is 6.10 Å². The fourth-order valence-electron chi connectivity index (χ4n) is 5.05. The van der Waals surface area contributed by atoms with Crippen LogP contribution in [0.5, 0.6) is 0 Å². The van der Waals surface area contributed by atoms with E-state index in [0.717, 1.165) is 12.5 Å². The van der Waals surface area contributed by atoms with Crippen molar-refractivity contribution in [3.05, 3.63) is 59.0 Å². The zero-order chi connectivity index (χ0) is 15.3. The minimum Gasteiger partial charge on any atom is -0.468 e. The number of ether oxygens (including phenoxy) is 1. The average Bonchev–Trinajstić information content (AvgIpc) is 3.01. The van der Waals surface area contributed by atoms with E-state index in [-0.39, 0.29) is 5.41 Å². The second-order valence-electron chi connectivity index (χ2n) is 7.58. The maximum Gasteiger partial charge on any atom is 0.116 e. The van der Waals surface area contributed by atoms with Gasteiger partial charge in [0.05, 0.1) is 24.4 Å². The minimum absolute atomic E-state index is 0.208. The zero-order valence-corrected chi connectivity index (χ0v) is 13.6. The van der Waals surface area contributed by atoms with E-state index < -0.39 is 0 Å².